The van der Waals surface area contributed by atoms with Crippen molar-refractivity contribution in [3.8, 4) is 0 Å². The predicted octanol–water partition coefficient (Wildman–Crippen LogP) is 3.29. The normalized spacial score (nSPS) is 23.9. The number of amides is 4. The van der Waals surface area contributed by atoms with Crippen molar-refractivity contribution < 1.29 is 23.9 Å². The minimum Gasteiger partial charge on any atom is -0.444 e. The fourth-order valence-electron chi connectivity index (χ4n) is 6.21. The smallest absolute Gasteiger partial charge is 0.410 e. The number of imide groups is 1. The molecule has 2 N–H and O–H groups in total. The van der Waals surface area contributed by atoms with Crippen LogP contribution in [0.25, 0.3) is 0 Å². The summed E-state index contributed by atoms with van der Waals surface area (Å²) in [5.74, 6) is -0.268. The Labute approximate surface area is 211 Å². The first-order chi connectivity index (χ1) is 17.0. The molecule has 0 radical (unpaired) electrons. The van der Waals surface area contributed by atoms with E-state index in [4.69, 9.17) is 4.74 Å². The molecule has 0 aromatic heterocycles. The van der Waals surface area contributed by atoms with E-state index in [1.165, 1.54) is 0 Å². The molecule has 9 nitrogen and oxygen atoms in total. The van der Waals surface area contributed by atoms with Crippen molar-refractivity contribution in [2.45, 2.75) is 77.5 Å². The summed E-state index contributed by atoms with van der Waals surface area (Å²) in [5, 5.41) is 5.92. The number of hydrogen-bond acceptors (Lipinski definition) is 6. The van der Waals surface area contributed by atoms with E-state index in [2.05, 4.69) is 10.6 Å². The first-order valence-corrected chi connectivity index (χ1v) is 13.0. The van der Waals surface area contributed by atoms with Crippen molar-refractivity contribution in [3.63, 3.8) is 0 Å². The van der Waals surface area contributed by atoms with Crippen molar-refractivity contribution in [1.29, 1.82) is 0 Å². The third-order valence-electron chi connectivity index (χ3n) is 8.08. The van der Waals surface area contributed by atoms with E-state index in [1.807, 2.05) is 43.9 Å². The molecule has 1 aromatic carbocycles. The lowest BCUT2D eigenvalue weighted by atomic mass is 9.57. The molecule has 1 atom stereocenters. The largest absolute Gasteiger partial charge is 0.444 e. The van der Waals surface area contributed by atoms with E-state index >= 15 is 0 Å². The molecule has 1 unspecified atom stereocenters. The second-order valence-corrected chi connectivity index (χ2v) is 11.9. The van der Waals surface area contributed by atoms with Crippen LogP contribution in [0.5, 0.6) is 0 Å². The first-order valence-electron chi connectivity index (χ1n) is 13.0. The van der Waals surface area contributed by atoms with Gasteiger partial charge in [0.2, 0.25) is 11.8 Å². The Morgan fingerprint density at radius 1 is 1.17 bits per heavy atom. The Bertz CT molecular complexity index is 1080. The van der Waals surface area contributed by atoms with Gasteiger partial charge in [-0.15, -0.1) is 0 Å². The number of ether oxygens (including phenoxy) is 1. The average molecular weight is 497 g/mol. The Hall–Kier alpha value is -3.10. The van der Waals surface area contributed by atoms with Crippen LogP contribution in [0, 0.1) is 11.3 Å². The number of carbonyl (C=O) groups excluding carboxylic acids is 4. The van der Waals surface area contributed by atoms with Gasteiger partial charge in [0.25, 0.3) is 5.91 Å². The lowest BCUT2D eigenvalue weighted by Gasteiger charge is -2.52. The van der Waals surface area contributed by atoms with Gasteiger partial charge in [0.05, 0.1) is 0 Å². The van der Waals surface area contributed by atoms with Gasteiger partial charge in [0.1, 0.15) is 11.6 Å². The molecular formula is C27H36N4O5. The maximum atomic E-state index is 13.0. The monoisotopic (exact) mass is 496 g/mol. The van der Waals surface area contributed by atoms with Crippen molar-refractivity contribution in [2.75, 3.05) is 25.0 Å². The van der Waals surface area contributed by atoms with Crippen LogP contribution in [0.3, 0.4) is 0 Å². The number of likely N-dealkylation sites (tertiary alicyclic amines) is 1. The second kappa shape index (κ2) is 9.09. The highest BCUT2D eigenvalue weighted by atomic mass is 16.6. The molecular weight excluding hydrogens is 460 g/mol. The van der Waals surface area contributed by atoms with Gasteiger partial charge < -0.3 is 19.9 Å². The molecule has 0 bridgehead atoms. The quantitative estimate of drug-likeness (QED) is 0.620. The molecule has 1 aromatic rings. The molecule has 3 fully saturated rings. The molecule has 1 spiro atoms. The number of piperidine rings is 2. The van der Waals surface area contributed by atoms with E-state index in [-0.39, 0.29) is 30.2 Å². The molecule has 2 saturated heterocycles. The van der Waals surface area contributed by atoms with Crippen molar-refractivity contribution >= 4 is 29.5 Å². The van der Waals surface area contributed by atoms with Gasteiger partial charge in [-0.2, -0.15) is 0 Å². The number of nitrogens with one attached hydrogen (secondary N) is 2. The third-order valence-corrected chi connectivity index (χ3v) is 8.08. The van der Waals surface area contributed by atoms with E-state index in [0.29, 0.717) is 29.9 Å². The van der Waals surface area contributed by atoms with Crippen LogP contribution in [0.15, 0.2) is 18.2 Å². The molecule has 194 valence electrons. The SMILES string of the molecule is CC(C)(C)OC(=O)N1CCC2(CC1)CC(CNc1cccc3c1CN(C1CCC(=O)NC1=O)C3=O)C2. The fourth-order valence-corrected chi connectivity index (χ4v) is 6.21. The van der Waals surface area contributed by atoms with Crippen molar-refractivity contribution in [3.05, 3.63) is 29.3 Å². The average Bonchev–Trinajstić information content (AvgIpc) is 3.12. The molecule has 1 saturated carbocycles. The summed E-state index contributed by atoms with van der Waals surface area (Å²) in [5.41, 5.74) is 2.34. The first kappa shape index (κ1) is 24.6. The second-order valence-electron chi connectivity index (χ2n) is 11.9. The molecule has 1 aliphatic carbocycles. The van der Waals surface area contributed by atoms with Gasteiger partial charge >= 0.3 is 6.09 Å². The zero-order chi connectivity index (χ0) is 25.7. The van der Waals surface area contributed by atoms with Gasteiger partial charge in [-0.25, -0.2) is 4.79 Å². The summed E-state index contributed by atoms with van der Waals surface area (Å²) in [6.45, 7) is 8.39. The van der Waals surface area contributed by atoms with Gasteiger partial charge in [-0.1, -0.05) is 6.07 Å². The highest BCUT2D eigenvalue weighted by Gasteiger charge is 2.46. The molecule has 5 rings (SSSR count). The molecule has 9 heteroatoms. The topological polar surface area (TPSA) is 108 Å². The van der Waals surface area contributed by atoms with Crippen LogP contribution in [0.4, 0.5) is 10.5 Å². The van der Waals surface area contributed by atoms with Crippen LogP contribution in [0.2, 0.25) is 0 Å². The lowest BCUT2D eigenvalue weighted by molar-refractivity contribution is -0.136. The summed E-state index contributed by atoms with van der Waals surface area (Å²) in [6.07, 6.45) is 4.70. The van der Waals surface area contributed by atoms with E-state index in [0.717, 1.165) is 56.6 Å². The van der Waals surface area contributed by atoms with E-state index < -0.39 is 11.6 Å². The summed E-state index contributed by atoms with van der Waals surface area (Å²) in [4.78, 5) is 52.7. The van der Waals surface area contributed by atoms with Gasteiger partial charge in [-0.3, -0.25) is 19.7 Å². The fraction of sp³-hybridized carbons (Fsp3) is 0.630. The summed E-state index contributed by atoms with van der Waals surface area (Å²) in [6, 6.07) is 5.08. The van der Waals surface area contributed by atoms with Gasteiger partial charge in [0.15, 0.2) is 0 Å². The standard InChI is InChI=1S/C27H36N4O5/c1-26(2,3)36-25(35)30-11-9-27(10-12-30)13-17(14-27)15-28-20-6-4-5-18-19(20)16-31(24(18)34)21-7-8-22(32)29-23(21)33/h4-6,17,21,28H,7-16H2,1-3H3,(H,29,32,33). The van der Waals surface area contributed by atoms with Crippen molar-refractivity contribution in [1.82, 2.24) is 15.1 Å². The number of rotatable bonds is 4. The van der Waals surface area contributed by atoms with Crippen LogP contribution in [-0.4, -0.2) is 64.9 Å². The number of fused-ring (bicyclic) bond motifs is 1. The van der Waals surface area contributed by atoms with E-state index in [9.17, 15) is 19.2 Å². The molecule has 4 aliphatic rings. The minimum absolute atomic E-state index is 0.150. The highest BCUT2D eigenvalue weighted by molar-refractivity contribution is 6.06. The zero-order valence-corrected chi connectivity index (χ0v) is 21.4. The lowest BCUT2D eigenvalue weighted by Crippen LogP contribution is -2.52. The van der Waals surface area contributed by atoms with Crippen LogP contribution < -0.4 is 10.6 Å². The molecule has 4 amide bonds. The van der Waals surface area contributed by atoms with Crippen molar-refractivity contribution in [2.24, 2.45) is 11.3 Å². The molecule has 36 heavy (non-hydrogen) atoms. The Balaban J connectivity index is 1.13. The van der Waals surface area contributed by atoms with Crippen LogP contribution in [-0.2, 0) is 20.9 Å². The Morgan fingerprint density at radius 2 is 1.89 bits per heavy atom. The number of hydrogen-bond donors (Lipinski definition) is 2. The van der Waals surface area contributed by atoms with Crippen LogP contribution in [0.1, 0.15) is 75.2 Å². The van der Waals surface area contributed by atoms with Gasteiger partial charge in [0, 0.05) is 49.4 Å². The van der Waals surface area contributed by atoms with Crippen LogP contribution >= 0.6 is 0 Å². The molecule has 3 aliphatic heterocycles. The van der Waals surface area contributed by atoms with E-state index in [1.54, 1.807) is 4.90 Å². The Kier molecular flexibility index (Phi) is 6.21. The number of carbonyl (C=O) groups is 4. The maximum Gasteiger partial charge on any atom is 0.410 e. The summed E-state index contributed by atoms with van der Waals surface area (Å²) >= 11 is 0. The minimum atomic E-state index is -0.603. The maximum absolute atomic E-state index is 13.0. The number of benzene rings is 1. The number of anilines is 1. The predicted molar refractivity (Wildman–Crippen MR) is 133 cm³/mol. The summed E-state index contributed by atoms with van der Waals surface area (Å²) < 4.78 is 5.52. The molecule has 3 heterocycles. The third kappa shape index (κ3) is 4.80. The highest BCUT2D eigenvalue weighted by Crippen LogP contribution is 2.52. The van der Waals surface area contributed by atoms with Gasteiger partial charge in [-0.05, 0) is 76.3 Å². The number of nitrogens with zero attached hydrogens (tertiary/aromatic N) is 2. The Morgan fingerprint density at radius 3 is 2.56 bits per heavy atom. The summed E-state index contributed by atoms with van der Waals surface area (Å²) in [7, 11) is 0. The zero-order valence-electron chi connectivity index (χ0n) is 21.4.